The Balaban J connectivity index is 2.01. The molecule has 0 saturated carbocycles. The fourth-order valence-electron chi connectivity index (χ4n) is 2.25. The minimum atomic E-state index is -1.04. The molecule has 0 spiro atoms. The normalized spacial score (nSPS) is 15.9. The van der Waals surface area contributed by atoms with Crippen molar-refractivity contribution < 1.29 is 18.3 Å². The first kappa shape index (κ1) is 16.3. The van der Waals surface area contributed by atoms with E-state index in [1.165, 1.54) is 12.1 Å². The number of piperazine rings is 1. The fraction of sp³-hybridized carbons (Fsp3) is 0.533. The van der Waals surface area contributed by atoms with Crippen LogP contribution in [0.1, 0.15) is 20.8 Å². The third-order valence-corrected chi connectivity index (χ3v) is 3.36. The first-order chi connectivity index (χ1) is 10.2. The summed E-state index contributed by atoms with van der Waals surface area (Å²) in [4.78, 5) is 15.2. The van der Waals surface area contributed by atoms with E-state index in [0.29, 0.717) is 26.2 Å². The standard InChI is InChI=1S/C15H21F2N3O2/c1-15(2,3)22-14(21)20-8-6-19(7-9-20)11-5-4-10(18)12(16)13(11)17/h4-5H,6-9,18H2,1-3H3. The molecule has 0 aliphatic carbocycles. The summed E-state index contributed by atoms with van der Waals surface area (Å²) >= 11 is 0. The van der Waals surface area contributed by atoms with Crippen LogP contribution in [0.15, 0.2) is 12.1 Å². The van der Waals surface area contributed by atoms with Gasteiger partial charge in [0, 0.05) is 26.2 Å². The highest BCUT2D eigenvalue weighted by Crippen LogP contribution is 2.26. The maximum atomic E-state index is 13.9. The van der Waals surface area contributed by atoms with Crippen molar-refractivity contribution in [1.82, 2.24) is 4.90 Å². The SMILES string of the molecule is CC(C)(C)OC(=O)N1CCN(c2ccc(N)c(F)c2F)CC1. The Morgan fingerprint density at radius 1 is 1.14 bits per heavy atom. The second kappa shape index (κ2) is 5.98. The third kappa shape index (κ3) is 3.58. The van der Waals surface area contributed by atoms with Crippen molar-refractivity contribution in [3.05, 3.63) is 23.8 Å². The number of nitrogens with two attached hydrogens (primary N) is 1. The number of ether oxygens (including phenoxy) is 1. The number of anilines is 2. The molecule has 1 amide bonds. The number of nitrogen functional groups attached to an aromatic ring is 1. The average Bonchev–Trinajstić information content (AvgIpc) is 2.43. The highest BCUT2D eigenvalue weighted by molar-refractivity contribution is 5.68. The van der Waals surface area contributed by atoms with Gasteiger partial charge in [-0.3, -0.25) is 0 Å². The summed E-state index contributed by atoms with van der Waals surface area (Å²) in [5.74, 6) is -1.99. The van der Waals surface area contributed by atoms with E-state index in [0.717, 1.165) is 0 Å². The molecule has 7 heteroatoms. The fourth-order valence-corrected chi connectivity index (χ4v) is 2.25. The zero-order valence-electron chi connectivity index (χ0n) is 13.0. The first-order valence-corrected chi connectivity index (χ1v) is 7.15. The van der Waals surface area contributed by atoms with Gasteiger partial charge in [0.1, 0.15) is 5.60 Å². The zero-order valence-corrected chi connectivity index (χ0v) is 13.0. The van der Waals surface area contributed by atoms with Gasteiger partial charge in [-0.05, 0) is 32.9 Å². The molecule has 1 aromatic rings. The van der Waals surface area contributed by atoms with E-state index >= 15 is 0 Å². The van der Waals surface area contributed by atoms with Gasteiger partial charge in [0.05, 0.1) is 11.4 Å². The van der Waals surface area contributed by atoms with E-state index in [1.54, 1.807) is 30.6 Å². The van der Waals surface area contributed by atoms with E-state index in [2.05, 4.69) is 0 Å². The van der Waals surface area contributed by atoms with Crippen molar-refractivity contribution in [1.29, 1.82) is 0 Å². The highest BCUT2D eigenvalue weighted by atomic mass is 19.2. The van der Waals surface area contributed by atoms with Crippen LogP contribution >= 0.6 is 0 Å². The lowest BCUT2D eigenvalue weighted by molar-refractivity contribution is 0.0240. The van der Waals surface area contributed by atoms with Crippen molar-refractivity contribution in [2.45, 2.75) is 26.4 Å². The number of halogens is 2. The topological polar surface area (TPSA) is 58.8 Å². The van der Waals surface area contributed by atoms with Gasteiger partial charge in [-0.15, -0.1) is 0 Å². The molecule has 0 radical (unpaired) electrons. The largest absolute Gasteiger partial charge is 0.444 e. The molecule has 1 fully saturated rings. The molecule has 1 aliphatic rings. The number of amides is 1. The number of carbonyl (C=O) groups is 1. The van der Waals surface area contributed by atoms with Crippen LogP contribution in [0.5, 0.6) is 0 Å². The maximum absolute atomic E-state index is 13.9. The minimum Gasteiger partial charge on any atom is -0.444 e. The van der Waals surface area contributed by atoms with Crippen molar-refractivity contribution in [3.8, 4) is 0 Å². The molecule has 2 N–H and O–H groups in total. The molecule has 5 nitrogen and oxygen atoms in total. The lowest BCUT2D eigenvalue weighted by atomic mass is 10.2. The van der Waals surface area contributed by atoms with Gasteiger partial charge < -0.3 is 20.3 Å². The summed E-state index contributed by atoms with van der Waals surface area (Å²) in [6, 6.07) is 2.80. The molecule has 0 unspecified atom stereocenters. The van der Waals surface area contributed by atoms with Gasteiger partial charge in [0.2, 0.25) is 0 Å². The predicted molar refractivity (Wildman–Crippen MR) is 80.8 cm³/mol. The van der Waals surface area contributed by atoms with Crippen LogP contribution in [0.2, 0.25) is 0 Å². The molecule has 2 rings (SSSR count). The Morgan fingerprint density at radius 2 is 1.73 bits per heavy atom. The van der Waals surface area contributed by atoms with Gasteiger partial charge in [0.25, 0.3) is 0 Å². The van der Waals surface area contributed by atoms with Gasteiger partial charge in [-0.2, -0.15) is 0 Å². The van der Waals surface area contributed by atoms with Crippen LogP contribution in [-0.4, -0.2) is 42.8 Å². The number of carbonyl (C=O) groups excluding carboxylic acids is 1. The molecule has 0 aromatic heterocycles. The Labute approximate surface area is 128 Å². The minimum absolute atomic E-state index is 0.163. The lowest BCUT2D eigenvalue weighted by Gasteiger charge is -2.36. The summed E-state index contributed by atoms with van der Waals surface area (Å²) in [6.07, 6.45) is -0.392. The Hall–Kier alpha value is -2.05. The summed E-state index contributed by atoms with van der Waals surface area (Å²) in [5, 5.41) is 0. The molecular weight excluding hydrogens is 292 g/mol. The Kier molecular flexibility index (Phi) is 4.44. The maximum Gasteiger partial charge on any atom is 0.410 e. The Bertz CT molecular complexity index is 565. The third-order valence-electron chi connectivity index (χ3n) is 3.36. The average molecular weight is 313 g/mol. The molecule has 0 bridgehead atoms. The van der Waals surface area contributed by atoms with E-state index in [9.17, 15) is 13.6 Å². The smallest absolute Gasteiger partial charge is 0.410 e. The first-order valence-electron chi connectivity index (χ1n) is 7.15. The van der Waals surface area contributed by atoms with Crippen LogP contribution in [0, 0.1) is 11.6 Å². The highest BCUT2D eigenvalue weighted by Gasteiger charge is 2.27. The van der Waals surface area contributed by atoms with Crippen LogP contribution < -0.4 is 10.6 Å². The van der Waals surface area contributed by atoms with Gasteiger partial charge in [-0.25, -0.2) is 13.6 Å². The molecular formula is C15H21F2N3O2. The van der Waals surface area contributed by atoms with Crippen molar-refractivity contribution in [3.63, 3.8) is 0 Å². The quantitative estimate of drug-likeness (QED) is 0.810. The van der Waals surface area contributed by atoms with Crippen LogP contribution in [-0.2, 0) is 4.74 Å². The molecule has 122 valence electrons. The molecule has 22 heavy (non-hydrogen) atoms. The van der Waals surface area contributed by atoms with Crippen molar-refractivity contribution >= 4 is 17.5 Å². The predicted octanol–water partition coefficient (Wildman–Crippen LogP) is 2.60. The van der Waals surface area contributed by atoms with Gasteiger partial charge in [-0.1, -0.05) is 0 Å². The monoisotopic (exact) mass is 313 g/mol. The van der Waals surface area contributed by atoms with Gasteiger partial charge in [0.15, 0.2) is 11.6 Å². The lowest BCUT2D eigenvalue weighted by Crippen LogP contribution is -2.50. The zero-order chi connectivity index (χ0) is 16.5. The van der Waals surface area contributed by atoms with E-state index in [4.69, 9.17) is 10.5 Å². The second-order valence-electron chi connectivity index (χ2n) is 6.26. The Morgan fingerprint density at radius 3 is 2.27 bits per heavy atom. The van der Waals surface area contributed by atoms with Gasteiger partial charge >= 0.3 is 6.09 Å². The molecule has 1 aromatic carbocycles. The summed E-state index contributed by atoms with van der Waals surface area (Å²) in [7, 11) is 0. The molecule has 0 atom stereocenters. The summed E-state index contributed by atoms with van der Waals surface area (Å²) in [6.45, 7) is 6.98. The van der Waals surface area contributed by atoms with E-state index in [-0.39, 0.29) is 11.4 Å². The van der Waals surface area contributed by atoms with Crippen LogP contribution in [0.25, 0.3) is 0 Å². The van der Waals surface area contributed by atoms with E-state index < -0.39 is 23.3 Å². The van der Waals surface area contributed by atoms with Crippen molar-refractivity contribution in [2.24, 2.45) is 0 Å². The van der Waals surface area contributed by atoms with Crippen LogP contribution in [0.4, 0.5) is 25.0 Å². The molecule has 1 saturated heterocycles. The number of rotatable bonds is 1. The number of benzene rings is 1. The van der Waals surface area contributed by atoms with Crippen LogP contribution in [0.3, 0.4) is 0 Å². The summed E-state index contributed by atoms with van der Waals surface area (Å²) in [5.41, 5.74) is 4.73. The van der Waals surface area contributed by atoms with E-state index in [1.807, 2.05) is 0 Å². The molecule has 1 heterocycles. The number of hydrogen-bond acceptors (Lipinski definition) is 4. The number of hydrogen-bond donors (Lipinski definition) is 1. The van der Waals surface area contributed by atoms with Crippen molar-refractivity contribution in [2.75, 3.05) is 36.8 Å². The second-order valence-corrected chi connectivity index (χ2v) is 6.26. The number of nitrogens with zero attached hydrogens (tertiary/aromatic N) is 2. The summed E-state index contributed by atoms with van der Waals surface area (Å²) < 4.78 is 32.7. The molecule has 1 aliphatic heterocycles.